The molecule has 4 nitrogen and oxygen atoms in total. The fourth-order valence-corrected chi connectivity index (χ4v) is 1.62. The lowest BCUT2D eigenvalue weighted by Crippen LogP contribution is -2.44. The molecule has 1 unspecified atom stereocenters. The highest BCUT2D eigenvalue weighted by Crippen LogP contribution is 2.06. The minimum absolute atomic E-state index is 0.192. The van der Waals surface area contributed by atoms with Crippen molar-refractivity contribution in [1.82, 2.24) is 10.2 Å². The van der Waals surface area contributed by atoms with Crippen molar-refractivity contribution < 1.29 is 9.53 Å². The molecule has 0 aliphatic carbocycles. The van der Waals surface area contributed by atoms with Crippen LogP contribution in [0.4, 0.5) is 0 Å². The Kier molecular flexibility index (Phi) is 4.90. The van der Waals surface area contributed by atoms with E-state index in [1.54, 1.807) is 0 Å². The van der Waals surface area contributed by atoms with Gasteiger partial charge in [-0.3, -0.25) is 4.79 Å². The van der Waals surface area contributed by atoms with Crippen LogP contribution in [0.15, 0.2) is 0 Å². The highest BCUT2D eigenvalue weighted by molar-refractivity contribution is 5.76. The van der Waals surface area contributed by atoms with E-state index in [2.05, 4.69) is 5.32 Å². The van der Waals surface area contributed by atoms with Crippen LogP contribution in [0.25, 0.3) is 0 Å². The Balaban J connectivity index is 2.22. The summed E-state index contributed by atoms with van der Waals surface area (Å²) in [6.07, 6.45) is 1.76. The zero-order chi connectivity index (χ0) is 10.4. The molecule has 14 heavy (non-hydrogen) atoms. The summed E-state index contributed by atoms with van der Waals surface area (Å²) in [6.45, 7) is 5.10. The van der Waals surface area contributed by atoms with Crippen LogP contribution < -0.4 is 5.32 Å². The molecule has 1 aliphatic heterocycles. The number of carbonyl (C=O) groups excluding carboxylic acids is 1. The summed E-state index contributed by atoms with van der Waals surface area (Å²) >= 11 is 0. The van der Waals surface area contributed by atoms with Gasteiger partial charge in [0, 0.05) is 19.5 Å². The van der Waals surface area contributed by atoms with Crippen molar-refractivity contribution in [3.05, 3.63) is 0 Å². The molecule has 1 saturated heterocycles. The van der Waals surface area contributed by atoms with Gasteiger partial charge < -0.3 is 15.0 Å². The Morgan fingerprint density at radius 1 is 1.64 bits per heavy atom. The third-order valence-electron chi connectivity index (χ3n) is 2.41. The Bertz CT molecular complexity index is 185. The SMILES string of the molecule is CNCCCC(=O)N1CCOC(C)C1. The third kappa shape index (κ3) is 3.64. The fraction of sp³-hybridized carbons (Fsp3) is 0.900. The van der Waals surface area contributed by atoms with E-state index >= 15 is 0 Å². The molecule has 4 heteroatoms. The van der Waals surface area contributed by atoms with Crippen molar-refractivity contribution in [2.24, 2.45) is 0 Å². The predicted octanol–water partition coefficient (Wildman–Crippen LogP) is 0.233. The lowest BCUT2D eigenvalue weighted by molar-refractivity contribution is -0.138. The molecular weight excluding hydrogens is 180 g/mol. The molecule has 82 valence electrons. The van der Waals surface area contributed by atoms with Gasteiger partial charge in [0.05, 0.1) is 12.7 Å². The van der Waals surface area contributed by atoms with E-state index in [-0.39, 0.29) is 12.0 Å². The van der Waals surface area contributed by atoms with E-state index in [9.17, 15) is 4.79 Å². The maximum atomic E-state index is 11.7. The maximum absolute atomic E-state index is 11.7. The van der Waals surface area contributed by atoms with Gasteiger partial charge in [0.25, 0.3) is 0 Å². The molecule has 1 fully saturated rings. The summed E-state index contributed by atoms with van der Waals surface area (Å²) in [5.74, 6) is 0.260. The third-order valence-corrected chi connectivity index (χ3v) is 2.41. The second-order valence-electron chi connectivity index (χ2n) is 3.73. The van der Waals surface area contributed by atoms with Crippen molar-refractivity contribution in [1.29, 1.82) is 0 Å². The quantitative estimate of drug-likeness (QED) is 0.661. The van der Waals surface area contributed by atoms with Gasteiger partial charge >= 0.3 is 0 Å². The fourth-order valence-electron chi connectivity index (χ4n) is 1.62. The topological polar surface area (TPSA) is 41.6 Å². The van der Waals surface area contributed by atoms with Crippen LogP contribution in [-0.4, -0.2) is 50.2 Å². The average molecular weight is 200 g/mol. The van der Waals surface area contributed by atoms with Gasteiger partial charge in [0.1, 0.15) is 0 Å². The monoisotopic (exact) mass is 200 g/mol. The van der Waals surface area contributed by atoms with Gasteiger partial charge in [-0.1, -0.05) is 0 Å². The van der Waals surface area contributed by atoms with Gasteiger partial charge in [0.2, 0.25) is 5.91 Å². The molecule has 1 amide bonds. The Morgan fingerprint density at radius 3 is 3.07 bits per heavy atom. The van der Waals surface area contributed by atoms with Crippen molar-refractivity contribution in [2.75, 3.05) is 33.3 Å². The summed E-state index contributed by atoms with van der Waals surface area (Å²) < 4.78 is 5.38. The highest BCUT2D eigenvalue weighted by atomic mass is 16.5. The predicted molar refractivity (Wildman–Crippen MR) is 55.2 cm³/mol. The van der Waals surface area contributed by atoms with Crippen molar-refractivity contribution in [2.45, 2.75) is 25.9 Å². The van der Waals surface area contributed by atoms with Crippen LogP contribution in [0.2, 0.25) is 0 Å². The summed E-state index contributed by atoms with van der Waals surface area (Å²) in [6, 6.07) is 0. The molecule has 0 aromatic carbocycles. The lowest BCUT2D eigenvalue weighted by Gasteiger charge is -2.31. The molecular formula is C10H20N2O2. The Hall–Kier alpha value is -0.610. The molecule has 1 N–H and O–H groups in total. The Labute approximate surface area is 85.6 Å². The largest absolute Gasteiger partial charge is 0.375 e. The minimum Gasteiger partial charge on any atom is -0.375 e. The first-order valence-corrected chi connectivity index (χ1v) is 5.28. The molecule has 0 saturated carbocycles. The van der Waals surface area contributed by atoms with E-state index < -0.39 is 0 Å². The zero-order valence-corrected chi connectivity index (χ0v) is 9.08. The van der Waals surface area contributed by atoms with Gasteiger partial charge in [-0.2, -0.15) is 0 Å². The molecule has 0 aromatic rings. The Morgan fingerprint density at radius 2 is 2.43 bits per heavy atom. The van der Waals surface area contributed by atoms with E-state index in [0.717, 1.165) is 26.1 Å². The van der Waals surface area contributed by atoms with Crippen molar-refractivity contribution in [3.63, 3.8) is 0 Å². The molecule has 1 rings (SSSR count). The number of nitrogens with one attached hydrogen (secondary N) is 1. The minimum atomic E-state index is 0.192. The van der Waals surface area contributed by atoms with Crippen LogP contribution >= 0.6 is 0 Å². The van der Waals surface area contributed by atoms with Crippen molar-refractivity contribution >= 4 is 5.91 Å². The first-order chi connectivity index (χ1) is 6.74. The summed E-state index contributed by atoms with van der Waals surface area (Å²) in [5.41, 5.74) is 0. The molecule has 1 heterocycles. The van der Waals surface area contributed by atoms with E-state index in [0.29, 0.717) is 13.0 Å². The van der Waals surface area contributed by atoms with Gasteiger partial charge in [0.15, 0.2) is 0 Å². The number of ether oxygens (including phenoxy) is 1. The second-order valence-corrected chi connectivity index (χ2v) is 3.73. The molecule has 0 aromatic heterocycles. The van der Waals surface area contributed by atoms with Crippen LogP contribution in [-0.2, 0) is 9.53 Å². The summed E-state index contributed by atoms with van der Waals surface area (Å²) in [5, 5.41) is 3.04. The van der Waals surface area contributed by atoms with Crippen LogP contribution in [0, 0.1) is 0 Å². The molecule has 0 spiro atoms. The lowest BCUT2D eigenvalue weighted by atomic mass is 10.2. The number of amides is 1. The number of rotatable bonds is 4. The first-order valence-electron chi connectivity index (χ1n) is 5.28. The number of carbonyl (C=O) groups is 1. The van der Waals surface area contributed by atoms with Gasteiger partial charge in [-0.05, 0) is 26.9 Å². The smallest absolute Gasteiger partial charge is 0.222 e. The highest BCUT2D eigenvalue weighted by Gasteiger charge is 2.20. The van der Waals surface area contributed by atoms with Gasteiger partial charge in [-0.25, -0.2) is 0 Å². The zero-order valence-electron chi connectivity index (χ0n) is 9.08. The normalized spacial score (nSPS) is 22.4. The summed E-state index contributed by atoms with van der Waals surface area (Å²) in [7, 11) is 1.90. The number of hydrogen-bond donors (Lipinski definition) is 1. The van der Waals surface area contributed by atoms with Crippen molar-refractivity contribution in [3.8, 4) is 0 Å². The maximum Gasteiger partial charge on any atom is 0.222 e. The standard InChI is InChI=1S/C10H20N2O2/c1-9-8-12(6-7-14-9)10(13)4-3-5-11-2/h9,11H,3-8H2,1-2H3. The number of nitrogens with zero attached hydrogens (tertiary/aromatic N) is 1. The van der Waals surface area contributed by atoms with Crippen LogP contribution in [0.1, 0.15) is 19.8 Å². The molecule has 1 aliphatic rings. The van der Waals surface area contributed by atoms with E-state index in [1.807, 2.05) is 18.9 Å². The molecule has 1 atom stereocenters. The van der Waals surface area contributed by atoms with E-state index in [4.69, 9.17) is 4.74 Å². The van der Waals surface area contributed by atoms with Crippen LogP contribution in [0.3, 0.4) is 0 Å². The summed E-state index contributed by atoms with van der Waals surface area (Å²) in [4.78, 5) is 13.6. The second kappa shape index (κ2) is 5.98. The first kappa shape index (κ1) is 11.5. The molecule has 0 bridgehead atoms. The van der Waals surface area contributed by atoms with Crippen LogP contribution in [0.5, 0.6) is 0 Å². The number of hydrogen-bond acceptors (Lipinski definition) is 3. The van der Waals surface area contributed by atoms with E-state index in [1.165, 1.54) is 0 Å². The molecule has 0 radical (unpaired) electrons. The van der Waals surface area contributed by atoms with Gasteiger partial charge in [-0.15, -0.1) is 0 Å². The number of morpholine rings is 1. The average Bonchev–Trinajstić information content (AvgIpc) is 2.18.